The lowest BCUT2D eigenvalue weighted by Gasteiger charge is -2.37. The molecule has 4 aromatic rings. The Kier molecular flexibility index (Phi) is 9.62. The van der Waals surface area contributed by atoms with E-state index in [1.54, 1.807) is 60.4 Å². The van der Waals surface area contributed by atoms with Crippen LogP contribution >= 0.6 is 0 Å². The lowest BCUT2D eigenvalue weighted by atomic mass is 9.82. The number of nitrogens with zero attached hydrogens (tertiary/aromatic N) is 3. The first-order valence-corrected chi connectivity index (χ1v) is 20.9. The third-order valence-electron chi connectivity index (χ3n) is 11.1. The highest BCUT2D eigenvalue weighted by molar-refractivity contribution is 6.72. The summed E-state index contributed by atoms with van der Waals surface area (Å²) in [5.74, 6) is -1.92. The predicted molar refractivity (Wildman–Crippen MR) is 204 cm³/mol. The van der Waals surface area contributed by atoms with Gasteiger partial charge in [0.15, 0.2) is 5.60 Å². The van der Waals surface area contributed by atoms with E-state index in [0.29, 0.717) is 34.6 Å². The predicted octanol–water partition coefficient (Wildman–Crippen LogP) is 6.09. The highest BCUT2D eigenvalue weighted by atomic mass is 28.4. The van der Waals surface area contributed by atoms with Crippen molar-refractivity contribution in [2.75, 3.05) is 22.6 Å². The van der Waals surface area contributed by atoms with Crippen molar-refractivity contribution in [3.8, 4) is 0 Å². The third-order valence-corrected chi connectivity index (χ3v) is 13.6. The second-order valence-electron chi connectivity index (χ2n) is 14.9. The molecule has 3 heterocycles. The Morgan fingerprint density at radius 3 is 2.39 bits per heavy atom. The summed E-state index contributed by atoms with van der Waals surface area (Å²) in [5.41, 5.74) is 7.77. The lowest BCUT2D eigenvalue weighted by molar-refractivity contribution is -0.385. The second kappa shape index (κ2) is 14.1. The molecule has 0 aliphatic carbocycles. The number of amides is 3. The van der Waals surface area contributed by atoms with Gasteiger partial charge in [-0.1, -0.05) is 43.3 Å². The summed E-state index contributed by atoms with van der Waals surface area (Å²) >= 11 is 0. The molecule has 54 heavy (non-hydrogen) atoms. The van der Waals surface area contributed by atoms with E-state index in [0.717, 1.165) is 11.1 Å². The van der Waals surface area contributed by atoms with E-state index >= 15 is 4.11 Å². The van der Waals surface area contributed by atoms with Gasteiger partial charge in [0.1, 0.15) is 0 Å². The number of benzene rings is 4. The molecule has 3 amide bonds. The van der Waals surface area contributed by atoms with Gasteiger partial charge < -0.3 is 34.8 Å². The Labute approximate surface area is 313 Å². The molecule has 0 aromatic heterocycles. The number of non-ortho nitro benzene ring substituents is 1. The highest BCUT2D eigenvalue weighted by Gasteiger charge is 2.67. The normalized spacial score (nSPS) is 23.3. The van der Waals surface area contributed by atoms with Crippen molar-refractivity contribution in [3.63, 3.8) is 0 Å². The molecule has 1 saturated heterocycles. The van der Waals surface area contributed by atoms with Crippen LogP contribution in [-0.2, 0) is 39.4 Å². The van der Waals surface area contributed by atoms with E-state index in [9.17, 15) is 29.6 Å². The molecule has 3 aliphatic heterocycles. The number of nitrogens with two attached hydrogens (primary N) is 1. The van der Waals surface area contributed by atoms with Crippen LogP contribution in [0.1, 0.15) is 46.0 Å². The molecule has 0 radical (unpaired) electrons. The molecule has 12 nitrogen and oxygen atoms in total. The first-order chi connectivity index (χ1) is 25.7. The van der Waals surface area contributed by atoms with Gasteiger partial charge in [-0.25, -0.2) is 0 Å². The van der Waals surface area contributed by atoms with Crippen molar-refractivity contribution in [2.24, 2.45) is 5.92 Å². The van der Waals surface area contributed by atoms with E-state index < -0.39 is 48.4 Å². The summed E-state index contributed by atoms with van der Waals surface area (Å²) in [7, 11) is -3.66. The van der Waals surface area contributed by atoms with Crippen LogP contribution in [0.25, 0.3) is 0 Å². The number of aliphatic hydroxyl groups excluding tert-OH is 1. The van der Waals surface area contributed by atoms with Crippen molar-refractivity contribution in [1.29, 1.82) is 0 Å². The van der Waals surface area contributed by atoms with Crippen LogP contribution in [0.15, 0.2) is 91.0 Å². The molecule has 1 spiro atoms. The minimum absolute atomic E-state index is 0.0593. The van der Waals surface area contributed by atoms with Crippen LogP contribution in [0.5, 0.6) is 0 Å². The number of halogens is 1. The molecule has 14 heteroatoms. The monoisotopic (exact) mass is 751 g/mol. The highest BCUT2D eigenvalue weighted by Crippen LogP contribution is 2.60. The van der Waals surface area contributed by atoms with Crippen LogP contribution in [0.3, 0.4) is 0 Å². The number of fused-ring (bicyclic) bond motifs is 3. The van der Waals surface area contributed by atoms with Crippen LogP contribution < -0.4 is 16.0 Å². The van der Waals surface area contributed by atoms with Gasteiger partial charge in [-0.05, 0) is 78.7 Å². The number of anilines is 3. The third kappa shape index (κ3) is 6.54. The minimum Gasteiger partial charge on any atom is -0.399 e. The fourth-order valence-corrected chi connectivity index (χ4v) is 11.0. The van der Waals surface area contributed by atoms with E-state index in [-0.39, 0.29) is 49.2 Å². The summed E-state index contributed by atoms with van der Waals surface area (Å²) in [6, 6.07) is 24.9. The van der Waals surface area contributed by atoms with Gasteiger partial charge in [0.25, 0.3) is 17.5 Å². The number of hydrogen-bond acceptors (Lipinski definition) is 8. The molecule has 5 atom stereocenters. The van der Waals surface area contributed by atoms with Gasteiger partial charge in [-0.2, -0.15) is 0 Å². The van der Waals surface area contributed by atoms with Crippen molar-refractivity contribution in [3.05, 3.63) is 129 Å². The summed E-state index contributed by atoms with van der Waals surface area (Å²) in [4.78, 5) is 56.3. The maximum Gasteiger partial charge on any atom is 0.269 e. The molecule has 0 saturated carbocycles. The number of nitrogens with one attached hydrogen (secondary N) is 1. The topological polar surface area (TPSA) is 168 Å². The van der Waals surface area contributed by atoms with Crippen molar-refractivity contribution >= 4 is 48.9 Å². The fourth-order valence-electron chi connectivity index (χ4n) is 8.55. The number of nitro benzene ring substituents is 1. The zero-order valence-corrected chi connectivity index (χ0v) is 31.2. The lowest BCUT2D eigenvalue weighted by Crippen LogP contribution is -2.48. The summed E-state index contributed by atoms with van der Waals surface area (Å²) in [6.07, 6.45) is -0.760. The zero-order chi connectivity index (χ0) is 38.5. The number of nitro groups is 1. The fraction of sp³-hybridized carbons (Fsp3) is 0.325. The zero-order valence-electron chi connectivity index (χ0n) is 30.2. The summed E-state index contributed by atoms with van der Waals surface area (Å²) in [5, 5.41) is 25.1. The second-order valence-corrected chi connectivity index (χ2v) is 18.7. The maximum absolute atomic E-state index is 16.5. The average Bonchev–Trinajstić information content (AvgIpc) is 3.57. The SMILES string of the molecule is C[C@@H]1[C@@H]([Si](C)(C)F)[C@H](CC(=O)N2Cc3ccccc3C[C@H]2CO)O[C@@]12C(=O)N(Cc1ccc(NC(=O)c3ccc(N)cc3)cc1)c1ccc([N+](=O)[O-])cc12. The van der Waals surface area contributed by atoms with E-state index in [4.69, 9.17) is 10.5 Å². The number of rotatable bonds is 9. The Morgan fingerprint density at radius 2 is 1.74 bits per heavy atom. The molecule has 0 bridgehead atoms. The Bertz CT molecular complexity index is 2130. The number of nitrogen functional groups attached to an aromatic ring is 1. The minimum atomic E-state index is -3.66. The molecular weight excluding hydrogens is 710 g/mol. The Morgan fingerprint density at radius 1 is 1.06 bits per heavy atom. The van der Waals surface area contributed by atoms with Crippen LogP contribution in [0.4, 0.5) is 26.9 Å². The van der Waals surface area contributed by atoms with Crippen LogP contribution in [0, 0.1) is 16.0 Å². The summed E-state index contributed by atoms with van der Waals surface area (Å²) in [6.45, 7) is 4.88. The first kappa shape index (κ1) is 36.9. The number of carbonyl (C=O) groups excluding carboxylic acids is 3. The molecule has 3 aliphatic rings. The van der Waals surface area contributed by atoms with Crippen molar-refractivity contribution in [2.45, 2.75) is 69.2 Å². The van der Waals surface area contributed by atoms with Crippen LogP contribution in [-0.4, -0.2) is 59.8 Å². The molecule has 1 fully saturated rings. The number of aliphatic hydroxyl groups is 1. The molecule has 4 aromatic carbocycles. The summed E-state index contributed by atoms with van der Waals surface area (Å²) < 4.78 is 23.2. The quantitative estimate of drug-likeness (QED) is 0.0608. The standard InChI is InChI=1S/C40H42FN5O7Si/c1-24-37(54(2,3)41)35(20-36(48)44-22-28-7-5-4-6-27(28)18-32(44)23-47)53-40(24)33-19-31(46(51)52)16-17-34(33)45(39(40)50)21-25-8-14-30(15-9-25)43-38(49)26-10-12-29(42)13-11-26/h4-17,19,24,32,35,37,47H,18,20-23,42H2,1-3H3,(H,43,49)/t24-,32+,35+,37-,40+/m1/s1. The number of carbonyl (C=O) groups is 3. The van der Waals surface area contributed by atoms with Crippen molar-refractivity contribution in [1.82, 2.24) is 4.90 Å². The van der Waals surface area contributed by atoms with Gasteiger partial charge in [0.2, 0.25) is 14.3 Å². The van der Waals surface area contributed by atoms with E-state index in [1.165, 1.54) is 36.2 Å². The van der Waals surface area contributed by atoms with Crippen LogP contribution in [0.2, 0.25) is 18.6 Å². The Balaban J connectivity index is 1.18. The van der Waals surface area contributed by atoms with E-state index in [2.05, 4.69) is 5.32 Å². The van der Waals surface area contributed by atoms with Gasteiger partial charge in [-0.3, -0.25) is 24.5 Å². The number of hydrogen-bond donors (Lipinski definition) is 3. The molecule has 0 unspecified atom stereocenters. The van der Waals surface area contributed by atoms with Gasteiger partial charge in [-0.15, -0.1) is 0 Å². The maximum atomic E-state index is 16.5. The van der Waals surface area contributed by atoms with E-state index in [1.807, 2.05) is 24.3 Å². The molecule has 7 rings (SSSR count). The average molecular weight is 752 g/mol. The molecule has 4 N–H and O–H groups in total. The Hall–Kier alpha value is -5.44. The largest absolute Gasteiger partial charge is 0.399 e. The first-order valence-electron chi connectivity index (χ1n) is 17.9. The van der Waals surface area contributed by atoms with Gasteiger partial charge in [0, 0.05) is 52.6 Å². The van der Waals surface area contributed by atoms with Crippen molar-refractivity contribution < 1.29 is 33.3 Å². The van der Waals surface area contributed by atoms with Gasteiger partial charge >= 0.3 is 0 Å². The van der Waals surface area contributed by atoms with Gasteiger partial charge in [0.05, 0.1) is 42.3 Å². The smallest absolute Gasteiger partial charge is 0.269 e. The number of ether oxygens (including phenoxy) is 1. The molecular formula is C40H42FN5O7Si. The molecule has 280 valence electrons.